The summed E-state index contributed by atoms with van der Waals surface area (Å²) in [6, 6.07) is 6.82. The lowest BCUT2D eigenvalue weighted by molar-refractivity contribution is -0.111. The molecule has 0 saturated carbocycles. The Bertz CT molecular complexity index is 368. The van der Waals surface area contributed by atoms with Gasteiger partial charge >= 0.3 is 0 Å². The van der Waals surface area contributed by atoms with E-state index in [1.807, 2.05) is 6.92 Å². The van der Waals surface area contributed by atoms with Crippen molar-refractivity contribution in [3.63, 3.8) is 0 Å². The van der Waals surface area contributed by atoms with E-state index in [0.717, 1.165) is 5.75 Å². The van der Waals surface area contributed by atoms with Gasteiger partial charge in [-0.15, -0.1) is 0 Å². The molecular weight excluding hydrogens is 194 g/mol. The number of rotatable bonds is 4. The van der Waals surface area contributed by atoms with E-state index in [1.54, 1.807) is 24.3 Å². The summed E-state index contributed by atoms with van der Waals surface area (Å²) in [6.45, 7) is 3.84. The van der Waals surface area contributed by atoms with Gasteiger partial charge in [0.05, 0.1) is 6.61 Å². The highest BCUT2D eigenvalue weighted by Gasteiger charge is 2.09. The Kier molecular flexibility index (Phi) is 3.85. The molecular formula is C11H13NO3. The third kappa shape index (κ3) is 2.80. The minimum absolute atomic E-state index is 0.0537. The lowest BCUT2D eigenvalue weighted by Gasteiger charge is -2.04. The van der Waals surface area contributed by atoms with Gasteiger partial charge in [0.2, 0.25) is 0 Å². The van der Waals surface area contributed by atoms with Gasteiger partial charge in [-0.05, 0) is 31.2 Å². The maximum atomic E-state index is 11.1. The van der Waals surface area contributed by atoms with E-state index < -0.39 is 0 Å². The molecule has 4 nitrogen and oxygen atoms in total. The van der Waals surface area contributed by atoms with Crippen LogP contribution in [0.3, 0.4) is 0 Å². The van der Waals surface area contributed by atoms with Crippen LogP contribution in [0.1, 0.15) is 19.4 Å². The zero-order valence-electron chi connectivity index (χ0n) is 8.73. The Hall–Kier alpha value is -1.84. The molecule has 0 fully saturated rings. The third-order valence-corrected chi connectivity index (χ3v) is 1.87. The van der Waals surface area contributed by atoms with E-state index >= 15 is 0 Å². The van der Waals surface area contributed by atoms with Gasteiger partial charge in [-0.2, -0.15) is 0 Å². The molecule has 0 amide bonds. The van der Waals surface area contributed by atoms with E-state index in [9.17, 15) is 4.79 Å². The van der Waals surface area contributed by atoms with Crippen LogP contribution in [0.25, 0.3) is 0 Å². The first-order chi connectivity index (χ1) is 7.19. The third-order valence-electron chi connectivity index (χ3n) is 1.87. The molecule has 0 aliphatic carbocycles. The second-order valence-electron chi connectivity index (χ2n) is 2.96. The zero-order valence-corrected chi connectivity index (χ0v) is 8.73. The van der Waals surface area contributed by atoms with E-state index in [0.29, 0.717) is 12.2 Å². The molecule has 0 heterocycles. The quantitative estimate of drug-likeness (QED) is 0.465. The fraction of sp³-hybridized carbons (Fsp3) is 0.273. The Labute approximate surface area is 88.2 Å². The second-order valence-corrected chi connectivity index (χ2v) is 2.96. The Morgan fingerprint density at radius 1 is 1.40 bits per heavy atom. The number of nitrogens with zero attached hydrogens (tertiary/aromatic N) is 1. The smallest absolute Gasteiger partial charge is 0.182 e. The molecule has 15 heavy (non-hydrogen) atoms. The summed E-state index contributed by atoms with van der Waals surface area (Å²) in [5.74, 6) is 0.448. The number of oxime groups is 1. The number of Topliss-reactive ketones (excluding diaryl/α,β-unsaturated/α-hetero) is 1. The van der Waals surface area contributed by atoms with Crippen LogP contribution < -0.4 is 4.74 Å². The Balaban J connectivity index is 2.92. The topological polar surface area (TPSA) is 58.9 Å². The highest BCUT2D eigenvalue weighted by molar-refractivity contribution is 6.45. The molecule has 0 aromatic heterocycles. The van der Waals surface area contributed by atoms with Crippen molar-refractivity contribution in [1.82, 2.24) is 0 Å². The maximum Gasteiger partial charge on any atom is 0.182 e. The highest BCUT2D eigenvalue weighted by Crippen LogP contribution is 2.13. The predicted octanol–water partition coefficient (Wildman–Crippen LogP) is 1.85. The summed E-state index contributed by atoms with van der Waals surface area (Å²) in [7, 11) is 0. The fourth-order valence-corrected chi connectivity index (χ4v) is 1.21. The first-order valence-corrected chi connectivity index (χ1v) is 4.65. The van der Waals surface area contributed by atoms with Crippen LogP contribution in [0.15, 0.2) is 29.4 Å². The van der Waals surface area contributed by atoms with E-state index in [-0.39, 0.29) is 11.5 Å². The van der Waals surface area contributed by atoms with Crippen LogP contribution in [-0.4, -0.2) is 23.3 Å². The van der Waals surface area contributed by atoms with Gasteiger partial charge in [-0.3, -0.25) is 4.79 Å². The zero-order chi connectivity index (χ0) is 11.3. The number of hydrogen-bond donors (Lipinski definition) is 1. The second kappa shape index (κ2) is 5.14. The monoisotopic (exact) mass is 207 g/mol. The van der Waals surface area contributed by atoms with Crippen molar-refractivity contribution >= 4 is 11.5 Å². The van der Waals surface area contributed by atoms with Gasteiger partial charge < -0.3 is 9.94 Å². The lowest BCUT2D eigenvalue weighted by Crippen LogP contribution is -2.11. The van der Waals surface area contributed by atoms with Gasteiger partial charge in [0.25, 0.3) is 0 Å². The number of benzene rings is 1. The molecule has 4 heteroatoms. The van der Waals surface area contributed by atoms with Crippen LogP contribution in [-0.2, 0) is 4.79 Å². The van der Waals surface area contributed by atoms with Crippen molar-refractivity contribution < 1.29 is 14.7 Å². The fourth-order valence-electron chi connectivity index (χ4n) is 1.21. The molecule has 0 unspecified atom stereocenters. The van der Waals surface area contributed by atoms with Gasteiger partial charge in [-0.1, -0.05) is 5.16 Å². The Morgan fingerprint density at radius 3 is 2.40 bits per heavy atom. The molecule has 1 rings (SSSR count). The van der Waals surface area contributed by atoms with Crippen molar-refractivity contribution in [2.75, 3.05) is 6.61 Å². The molecule has 1 aromatic rings. The van der Waals surface area contributed by atoms with Gasteiger partial charge in [0.15, 0.2) is 11.5 Å². The highest BCUT2D eigenvalue weighted by atomic mass is 16.5. The van der Waals surface area contributed by atoms with Gasteiger partial charge in [-0.25, -0.2) is 0 Å². The molecule has 0 atom stereocenters. The summed E-state index contributed by atoms with van der Waals surface area (Å²) < 4.78 is 5.25. The van der Waals surface area contributed by atoms with Crippen LogP contribution in [0.2, 0.25) is 0 Å². The summed E-state index contributed by atoms with van der Waals surface area (Å²) >= 11 is 0. The van der Waals surface area contributed by atoms with Crippen LogP contribution >= 0.6 is 0 Å². The van der Waals surface area contributed by atoms with Crippen molar-refractivity contribution in [1.29, 1.82) is 0 Å². The molecule has 1 N–H and O–H groups in total. The van der Waals surface area contributed by atoms with Gasteiger partial charge in [0, 0.05) is 12.5 Å². The van der Waals surface area contributed by atoms with Crippen molar-refractivity contribution in [2.24, 2.45) is 5.16 Å². The molecule has 0 saturated heterocycles. The largest absolute Gasteiger partial charge is 0.494 e. The minimum atomic E-state index is -0.276. The molecule has 0 bridgehead atoms. The van der Waals surface area contributed by atoms with E-state index in [2.05, 4.69) is 5.16 Å². The maximum absolute atomic E-state index is 11.1. The average molecular weight is 207 g/mol. The normalized spacial score (nSPS) is 11.2. The predicted molar refractivity (Wildman–Crippen MR) is 56.6 cm³/mol. The van der Waals surface area contributed by atoms with Crippen molar-refractivity contribution in [2.45, 2.75) is 13.8 Å². The van der Waals surface area contributed by atoms with Crippen molar-refractivity contribution in [3.05, 3.63) is 29.8 Å². The Morgan fingerprint density at radius 2 is 2.00 bits per heavy atom. The summed E-state index contributed by atoms with van der Waals surface area (Å²) in [5, 5.41) is 11.6. The molecule has 0 radical (unpaired) electrons. The van der Waals surface area contributed by atoms with E-state index in [4.69, 9.17) is 9.94 Å². The van der Waals surface area contributed by atoms with Gasteiger partial charge in [0.1, 0.15) is 5.75 Å². The number of carbonyl (C=O) groups excluding carboxylic acids is 1. The molecule has 0 spiro atoms. The first-order valence-electron chi connectivity index (χ1n) is 4.65. The SMILES string of the molecule is CCOc1ccc(/C(=N\O)C(C)=O)cc1. The first kappa shape index (κ1) is 11.2. The average Bonchev–Trinajstić information content (AvgIpc) is 2.21. The number of ether oxygens (including phenoxy) is 1. The summed E-state index contributed by atoms with van der Waals surface area (Å²) in [5.41, 5.74) is 0.631. The summed E-state index contributed by atoms with van der Waals surface area (Å²) in [6.07, 6.45) is 0. The number of ketones is 1. The molecule has 80 valence electrons. The number of carbonyl (C=O) groups is 1. The van der Waals surface area contributed by atoms with Crippen molar-refractivity contribution in [3.8, 4) is 5.75 Å². The lowest BCUT2D eigenvalue weighted by atomic mass is 10.1. The standard InChI is InChI=1S/C11H13NO3/c1-3-15-10-6-4-9(5-7-10)11(12-14)8(2)13/h4-7,14H,3H2,1-2H3/b12-11-. The van der Waals surface area contributed by atoms with Crippen LogP contribution in [0.5, 0.6) is 5.75 Å². The van der Waals surface area contributed by atoms with Crippen LogP contribution in [0.4, 0.5) is 0 Å². The summed E-state index contributed by atoms with van der Waals surface area (Å²) in [4.78, 5) is 11.1. The molecule has 0 aliphatic rings. The minimum Gasteiger partial charge on any atom is -0.494 e. The number of hydrogen-bond acceptors (Lipinski definition) is 4. The molecule has 1 aromatic carbocycles. The molecule has 0 aliphatic heterocycles. The van der Waals surface area contributed by atoms with E-state index in [1.165, 1.54) is 6.92 Å². The van der Waals surface area contributed by atoms with Crippen LogP contribution in [0, 0.1) is 0 Å².